The Kier molecular flexibility index (Phi) is 7.43. The lowest BCUT2D eigenvalue weighted by Crippen LogP contribution is -2.37. The molecule has 4 aromatic carbocycles. The quantitative estimate of drug-likeness (QED) is 0.205. The molecule has 2 atom stereocenters. The van der Waals surface area contributed by atoms with Crippen LogP contribution in [-0.2, 0) is 0 Å². The second kappa shape index (κ2) is 11.3. The number of anilines is 1. The van der Waals surface area contributed by atoms with Gasteiger partial charge in [0.1, 0.15) is 0 Å². The van der Waals surface area contributed by atoms with Crippen LogP contribution in [0, 0.1) is 0 Å². The van der Waals surface area contributed by atoms with Crippen molar-refractivity contribution in [2.45, 2.75) is 31.6 Å². The van der Waals surface area contributed by atoms with Crippen molar-refractivity contribution in [2.75, 3.05) is 31.7 Å². The van der Waals surface area contributed by atoms with Gasteiger partial charge in [-0.15, -0.1) is 0 Å². The summed E-state index contributed by atoms with van der Waals surface area (Å²) in [6, 6.07) is 30.5. The zero-order chi connectivity index (χ0) is 26.8. The third kappa shape index (κ3) is 5.08. The minimum Gasteiger partial charge on any atom is -0.492 e. The zero-order valence-corrected chi connectivity index (χ0v) is 24.0. The second-order valence-electron chi connectivity index (χ2n) is 10.2. The molecule has 0 amide bonds. The van der Waals surface area contributed by atoms with E-state index < -0.39 is 0 Å². The predicted octanol–water partition coefficient (Wildman–Crippen LogP) is 8.48. The van der Waals surface area contributed by atoms with Gasteiger partial charge in [0, 0.05) is 36.8 Å². The number of nitrogens with zero attached hydrogens (tertiary/aromatic N) is 2. The highest BCUT2D eigenvalue weighted by Crippen LogP contribution is 2.50. The Labute approximate surface area is 239 Å². The van der Waals surface area contributed by atoms with Crippen LogP contribution in [0.4, 0.5) is 11.4 Å². The molecule has 2 unspecified atom stereocenters. The summed E-state index contributed by atoms with van der Waals surface area (Å²) in [5.74, 6) is 2.13. The molecule has 5 heteroatoms. The molecule has 0 bridgehead atoms. The van der Waals surface area contributed by atoms with Crippen molar-refractivity contribution >= 4 is 33.5 Å². The van der Waals surface area contributed by atoms with Crippen LogP contribution in [0.25, 0.3) is 0 Å². The van der Waals surface area contributed by atoms with Crippen LogP contribution in [-0.4, -0.2) is 33.0 Å². The van der Waals surface area contributed by atoms with Gasteiger partial charge in [0.15, 0.2) is 11.5 Å². The van der Waals surface area contributed by atoms with Gasteiger partial charge in [-0.1, -0.05) is 60.7 Å². The Morgan fingerprint density at radius 2 is 1.46 bits per heavy atom. The van der Waals surface area contributed by atoms with Crippen molar-refractivity contribution in [1.29, 1.82) is 0 Å². The Bertz CT molecular complexity index is 1410. The number of hydrogen-bond acceptors (Lipinski definition) is 4. The van der Waals surface area contributed by atoms with E-state index in [0.29, 0.717) is 29.9 Å². The minimum absolute atomic E-state index is 0.362. The smallest absolute Gasteiger partial charge is 0.174 e. The number of hydrogen-bond donors (Lipinski definition) is 0. The average molecular weight is 582 g/mol. The monoisotopic (exact) mass is 580 g/mol. The predicted molar refractivity (Wildman–Crippen MR) is 164 cm³/mol. The fourth-order valence-electron chi connectivity index (χ4n) is 6.19. The van der Waals surface area contributed by atoms with E-state index in [4.69, 9.17) is 14.5 Å². The van der Waals surface area contributed by atoms with Crippen LogP contribution in [0.5, 0.6) is 11.5 Å². The van der Waals surface area contributed by atoms with Crippen LogP contribution in [0.2, 0.25) is 0 Å². The third-order valence-corrected chi connectivity index (χ3v) is 8.49. The molecule has 4 aromatic rings. The molecule has 2 aliphatic rings. The van der Waals surface area contributed by atoms with Gasteiger partial charge in [0.05, 0.1) is 23.9 Å². The lowest BCUT2D eigenvalue weighted by atomic mass is 9.76. The fraction of sp³-hybridized carbons (Fsp3) is 0.265. The number of ether oxygens (including phenoxy) is 2. The molecule has 198 valence electrons. The van der Waals surface area contributed by atoms with E-state index in [1.54, 1.807) is 7.11 Å². The summed E-state index contributed by atoms with van der Waals surface area (Å²) in [7, 11) is 1.66. The summed E-state index contributed by atoms with van der Waals surface area (Å²) >= 11 is 3.64. The molecule has 6 rings (SSSR count). The highest BCUT2D eigenvalue weighted by Gasteiger charge is 2.35. The van der Waals surface area contributed by atoms with Crippen molar-refractivity contribution in [2.24, 2.45) is 4.99 Å². The Morgan fingerprint density at radius 1 is 0.872 bits per heavy atom. The largest absolute Gasteiger partial charge is 0.492 e. The van der Waals surface area contributed by atoms with Gasteiger partial charge in [0.2, 0.25) is 0 Å². The molecule has 2 aliphatic heterocycles. The van der Waals surface area contributed by atoms with Crippen molar-refractivity contribution < 1.29 is 9.47 Å². The lowest BCUT2D eigenvalue weighted by Gasteiger charge is -2.43. The fourth-order valence-corrected chi connectivity index (χ4v) is 6.81. The molecule has 0 fully saturated rings. The summed E-state index contributed by atoms with van der Waals surface area (Å²) in [5, 5.41) is 0. The maximum Gasteiger partial charge on any atom is 0.174 e. The molecule has 39 heavy (non-hydrogen) atoms. The van der Waals surface area contributed by atoms with E-state index in [9.17, 15) is 0 Å². The zero-order valence-electron chi connectivity index (χ0n) is 22.4. The maximum atomic E-state index is 5.84. The third-order valence-electron chi connectivity index (χ3n) is 7.90. The number of benzene rings is 4. The molecule has 0 saturated carbocycles. The van der Waals surface area contributed by atoms with Crippen LogP contribution in [0.15, 0.2) is 94.4 Å². The normalized spacial score (nSPS) is 18.2. The molecule has 0 radical (unpaired) electrons. The lowest BCUT2D eigenvalue weighted by molar-refractivity contribution is 0.310. The molecule has 4 nitrogen and oxygen atoms in total. The standard InChI is InChI=1S/C34H33BrN2O2/c1-3-39-32-19-23(18-31(35)34(32)38-2)22-36-26-20-29-27(24-10-6-4-7-11-24)14-16-37-17-15-28(30(21-26)33(29)37)25-12-8-5-9-13-25/h4-13,18-22,27-28H,3,14-17H2,1-2H3. The first-order valence-corrected chi connectivity index (χ1v) is 14.5. The summed E-state index contributed by atoms with van der Waals surface area (Å²) in [6.45, 7) is 4.71. The molecular formula is C34H33BrN2O2. The van der Waals surface area contributed by atoms with Gasteiger partial charge in [-0.05, 0) is 87.8 Å². The van der Waals surface area contributed by atoms with Gasteiger partial charge >= 0.3 is 0 Å². The summed E-state index contributed by atoms with van der Waals surface area (Å²) in [5.41, 5.74) is 8.90. The first-order chi connectivity index (χ1) is 19.2. The van der Waals surface area contributed by atoms with Gasteiger partial charge in [-0.3, -0.25) is 4.99 Å². The SMILES string of the molecule is CCOc1cc(C=Nc2cc3c4c(c2)C(c2ccccc2)CCN4CCC3c2ccccc2)cc(Br)c1OC. The first-order valence-electron chi connectivity index (χ1n) is 13.7. The maximum absolute atomic E-state index is 5.84. The van der Waals surface area contributed by atoms with Crippen molar-refractivity contribution in [1.82, 2.24) is 0 Å². The van der Waals surface area contributed by atoms with E-state index in [0.717, 1.165) is 41.7 Å². The summed E-state index contributed by atoms with van der Waals surface area (Å²) in [6.07, 6.45) is 4.16. The second-order valence-corrected chi connectivity index (χ2v) is 11.0. The van der Waals surface area contributed by atoms with Gasteiger partial charge in [0.25, 0.3) is 0 Å². The Balaban J connectivity index is 1.47. The highest BCUT2D eigenvalue weighted by molar-refractivity contribution is 9.10. The number of aliphatic imine (C=N–C) groups is 1. The van der Waals surface area contributed by atoms with Crippen LogP contribution >= 0.6 is 15.9 Å². The van der Waals surface area contributed by atoms with E-state index in [1.807, 2.05) is 25.3 Å². The number of rotatable bonds is 7. The van der Waals surface area contributed by atoms with Gasteiger partial charge in [-0.2, -0.15) is 0 Å². The molecular weight excluding hydrogens is 548 g/mol. The molecule has 2 heterocycles. The minimum atomic E-state index is 0.362. The van der Waals surface area contributed by atoms with Gasteiger partial charge in [-0.25, -0.2) is 0 Å². The van der Waals surface area contributed by atoms with Crippen molar-refractivity contribution in [3.63, 3.8) is 0 Å². The van der Waals surface area contributed by atoms with Crippen LogP contribution in [0.1, 0.15) is 59.4 Å². The van der Waals surface area contributed by atoms with Crippen molar-refractivity contribution in [3.05, 3.63) is 117 Å². The molecule has 0 saturated heterocycles. The van der Waals surface area contributed by atoms with Crippen molar-refractivity contribution in [3.8, 4) is 11.5 Å². The van der Waals surface area contributed by atoms with E-state index in [1.165, 1.54) is 27.9 Å². The Morgan fingerprint density at radius 3 is 2.00 bits per heavy atom. The van der Waals surface area contributed by atoms with E-state index >= 15 is 0 Å². The molecule has 0 spiro atoms. The molecule has 0 aromatic heterocycles. The van der Waals surface area contributed by atoms with Crippen LogP contribution < -0.4 is 14.4 Å². The first kappa shape index (κ1) is 25.7. The topological polar surface area (TPSA) is 34.1 Å². The highest BCUT2D eigenvalue weighted by atomic mass is 79.9. The van der Waals surface area contributed by atoms with Gasteiger partial charge < -0.3 is 14.4 Å². The Hall–Kier alpha value is -3.57. The molecule has 0 N–H and O–H groups in total. The number of methoxy groups -OCH3 is 1. The molecule has 0 aliphatic carbocycles. The summed E-state index contributed by atoms with van der Waals surface area (Å²) in [4.78, 5) is 7.64. The average Bonchev–Trinajstić information content (AvgIpc) is 2.97. The van der Waals surface area contributed by atoms with E-state index in [-0.39, 0.29) is 0 Å². The number of halogens is 1. The van der Waals surface area contributed by atoms with Crippen LogP contribution in [0.3, 0.4) is 0 Å². The van der Waals surface area contributed by atoms with E-state index in [2.05, 4.69) is 93.6 Å². The summed E-state index contributed by atoms with van der Waals surface area (Å²) < 4.78 is 12.2.